The number of nitrogens with two attached hydrogens (primary N) is 1. The monoisotopic (exact) mass is 394 g/mol. The van der Waals surface area contributed by atoms with Gasteiger partial charge in [0.2, 0.25) is 0 Å². The van der Waals surface area contributed by atoms with E-state index in [0.717, 1.165) is 32.7 Å². The molecule has 26 heavy (non-hydrogen) atoms. The van der Waals surface area contributed by atoms with Gasteiger partial charge < -0.3 is 21.1 Å². The van der Waals surface area contributed by atoms with Crippen molar-refractivity contribution in [2.24, 2.45) is 5.73 Å². The van der Waals surface area contributed by atoms with Gasteiger partial charge in [0.1, 0.15) is 0 Å². The quantitative estimate of drug-likeness (QED) is 0.317. The van der Waals surface area contributed by atoms with Gasteiger partial charge in [-0.05, 0) is 25.5 Å². The largest absolute Gasteiger partial charge is 0.469 e. The minimum Gasteiger partial charge on any atom is -0.469 e. The molecule has 0 saturated carbocycles. The van der Waals surface area contributed by atoms with Crippen LogP contribution in [0.5, 0.6) is 0 Å². The van der Waals surface area contributed by atoms with Crippen LogP contribution >= 0.6 is 23.1 Å². The number of rotatable bonds is 10. The number of methoxy groups -OCH3 is 1. The Balaban J connectivity index is 2.99. The molecule has 1 aromatic rings. The SMILES string of the molecule is C=C/C(=C\C(=C/C)Nc1nc(/C(SCN)=C(\C)NC)cs1)CC(=O)OC. The van der Waals surface area contributed by atoms with Gasteiger partial charge in [0.05, 0.1) is 24.1 Å². The predicted octanol–water partition coefficient (Wildman–Crippen LogP) is 3.69. The van der Waals surface area contributed by atoms with Gasteiger partial charge in [-0.25, -0.2) is 4.98 Å². The van der Waals surface area contributed by atoms with Gasteiger partial charge >= 0.3 is 5.97 Å². The molecule has 4 N–H and O–H groups in total. The molecule has 0 radical (unpaired) electrons. The number of allylic oxidation sites excluding steroid dienone is 4. The summed E-state index contributed by atoms with van der Waals surface area (Å²) in [6.07, 6.45) is 5.58. The van der Waals surface area contributed by atoms with Crippen LogP contribution in [0.25, 0.3) is 4.91 Å². The van der Waals surface area contributed by atoms with Crippen molar-refractivity contribution in [1.82, 2.24) is 10.3 Å². The van der Waals surface area contributed by atoms with E-state index in [1.54, 1.807) is 17.8 Å². The summed E-state index contributed by atoms with van der Waals surface area (Å²) in [5.74, 6) is 0.174. The van der Waals surface area contributed by atoms with Crippen LogP contribution in [0.15, 0.2) is 47.2 Å². The smallest absolute Gasteiger partial charge is 0.309 e. The summed E-state index contributed by atoms with van der Waals surface area (Å²) in [4.78, 5) is 17.1. The number of carbonyl (C=O) groups is 1. The van der Waals surface area contributed by atoms with Crippen molar-refractivity contribution < 1.29 is 9.53 Å². The maximum atomic E-state index is 11.5. The third-order valence-electron chi connectivity index (χ3n) is 3.42. The van der Waals surface area contributed by atoms with E-state index in [-0.39, 0.29) is 12.4 Å². The number of thiazole rings is 1. The summed E-state index contributed by atoms with van der Waals surface area (Å²) in [7, 11) is 3.24. The van der Waals surface area contributed by atoms with E-state index in [0.29, 0.717) is 5.88 Å². The lowest BCUT2D eigenvalue weighted by molar-refractivity contribution is -0.139. The lowest BCUT2D eigenvalue weighted by Gasteiger charge is -2.08. The van der Waals surface area contributed by atoms with Gasteiger partial charge in [-0.15, -0.1) is 23.1 Å². The fourth-order valence-corrected chi connectivity index (χ4v) is 3.48. The van der Waals surface area contributed by atoms with Crippen molar-refractivity contribution in [2.45, 2.75) is 20.3 Å². The molecule has 0 fully saturated rings. The van der Waals surface area contributed by atoms with Crippen LogP contribution in [0, 0.1) is 0 Å². The zero-order valence-electron chi connectivity index (χ0n) is 15.6. The number of thioether (sulfide) groups is 1. The number of hydrogen-bond acceptors (Lipinski definition) is 8. The Bertz CT molecular complexity index is 721. The molecule has 142 valence electrons. The van der Waals surface area contributed by atoms with E-state index >= 15 is 0 Å². The third-order valence-corrected chi connectivity index (χ3v) is 5.15. The Kier molecular flexibility index (Phi) is 9.79. The van der Waals surface area contributed by atoms with Crippen molar-refractivity contribution in [3.8, 4) is 0 Å². The van der Waals surface area contributed by atoms with Gasteiger partial charge in [0, 0.05) is 29.7 Å². The number of esters is 1. The summed E-state index contributed by atoms with van der Waals surface area (Å²) in [5.41, 5.74) is 9.17. The molecule has 0 amide bonds. The number of nitrogens with zero attached hydrogens (tertiary/aromatic N) is 1. The molecule has 8 heteroatoms. The van der Waals surface area contributed by atoms with Crippen LogP contribution < -0.4 is 16.4 Å². The van der Waals surface area contributed by atoms with Crippen LogP contribution in [0.3, 0.4) is 0 Å². The molecule has 0 unspecified atom stereocenters. The number of aromatic nitrogens is 1. The van der Waals surface area contributed by atoms with Crippen molar-refractivity contribution in [2.75, 3.05) is 25.4 Å². The average molecular weight is 395 g/mol. The highest BCUT2D eigenvalue weighted by Crippen LogP contribution is 2.31. The van der Waals surface area contributed by atoms with E-state index in [4.69, 9.17) is 10.5 Å². The molecule has 0 aliphatic carbocycles. The predicted molar refractivity (Wildman–Crippen MR) is 113 cm³/mol. The second-order valence-electron chi connectivity index (χ2n) is 5.10. The molecule has 1 heterocycles. The summed E-state index contributed by atoms with van der Waals surface area (Å²) < 4.78 is 4.70. The van der Waals surface area contributed by atoms with E-state index in [1.165, 1.54) is 18.4 Å². The molecule has 0 atom stereocenters. The van der Waals surface area contributed by atoms with E-state index in [2.05, 4.69) is 22.2 Å². The average Bonchev–Trinajstić information content (AvgIpc) is 3.11. The summed E-state index contributed by atoms with van der Waals surface area (Å²) in [5, 5.41) is 9.15. The Hall–Kier alpha value is -2.03. The van der Waals surface area contributed by atoms with E-state index < -0.39 is 0 Å². The van der Waals surface area contributed by atoms with Crippen LogP contribution in [0.1, 0.15) is 26.0 Å². The molecule has 0 aliphatic heterocycles. The Labute approximate surface area is 163 Å². The Morgan fingerprint density at radius 2 is 2.27 bits per heavy atom. The minimum atomic E-state index is -0.306. The molecule has 6 nitrogen and oxygen atoms in total. The van der Waals surface area contributed by atoms with Crippen LogP contribution in [0.4, 0.5) is 5.13 Å². The second kappa shape index (κ2) is 11.6. The number of nitrogens with one attached hydrogen (secondary N) is 2. The van der Waals surface area contributed by atoms with Crippen LogP contribution in [0.2, 0.25) is 0 Å². The highest BCUT2D eigenvalue weighted by molar-refractivity contribution is 8.08. The van der Waals surface area contributed by atoms with Crippen molar-refractivity contribution in [3.63, 3.8) is 0 Å². The molecule has 1 aromatic heterocycles. The van der Waals surface area contributed by atoms with Crippen molar-refractivity contribution in [3.05, 3.63) is 52.8 Å². The topological polar surface area (TPSA) is 89.3 Å². The van der Waals surface area contributed by atoms with Gasteiger partial charge in [-0.3, -0.25) is 4.79 Å². The first-order valence-corrected chi connectivity index (χ1v) is 9.86. The maximum Gasteiger partial charge on any atom is 0.309 e. The first-order valence-electron chi connectivity index (χ1n) is 7.99. The second-order valence-corrected chi connectivity index (χ2v) is 6.99. The summed E-state index contributed by atoms with van der Waals surface area (Å²) in [6, 6.07) is 0. The number of carbonyl (C=O) groups excluding carboxylic acids is 1. The fourth-order valence-electron chi connectivity index (χ4n) is 1.94. The van der Waals surface area contributed by atoms with E-state index in [9.17, 15) is 4.79 Å². The van der Waals surface area contributed by atoms with Gasteiger partial charge in [0.15, 0.2) is 5.13 Å². The lowest BCUT2D eigenvalue weighted by atomic mass is 10.1. The normalized spacial score (nSPS) is 13.1. The standard InChI is InChI=1S/C18H26N4O2S2/c1-6-13(9-16(23)24-5)8-14(7-2)21-18-22-15(10-25-18)17(26-11-19)12(3)20-4/h6-8,10,20H,1,9,11,19H2,2-5H3,(H,21,22)/b13-8+,14-7+,17-12-. The third kappa shape index (κ3) is 6.70. The van der Waals surface area contributed by atoms with Crippen LogP contribution in [-0.4, -0.2) is 31.0 Å². The first kappa shape index (κ1) is 22.0. The molecular weight excluding hydrogens is 368 g/mol. The van der Waals surface area contributed by atoms with E-state index in [1.807, 2.05) is 38.4 Å². The highest BCUT2D eigenvalue weighted by Gasteiger charge is 2.11. The van der Waals surface area contributed by atoms with Crippen molar-refractivity contribution in [1.29, 1.82) is 0 Å². The molecule has 0 spiro atoms. The molecule has 0 bridgehead atoms. The molecule has 0 aliphatic rings. The highest BCUT2D eigenvalue weighted by atomic mass is 32.2. The lowest BCUT2D eigenvalue weighted by Crippen LogP contribution is -2.06. The van der Waals surface area contributed by atoms with Crippen LogP contribution in [-0.2, 0) is 9.53 Å². The van der Waals surface area contributed by atoms with Crippen molar-refractivity contribution >= 4 is 39.1 Å². The van der Waals surface area contributed by atoms with Gasteiger partial charge in [-0.1, -0.05) is 18.7 Å². The molecule has 1 rings (SSSR count). The summed E-state index contributed by atoms with van der Waals surface area (Å²) in [6.45, 7) is 7.65. The number of ether oxygens (including phenoxy) is 1. The Morgan fingerprint density at radius 1 is 1.54 bits per heavy atom. The van der Waals surface area contributed by atoms with Gasteiger partial charge in [-0.2, -0.15) is 0 Å². The molecule has 0 saturated heterocycles. The fraction of sp³-hybridized carbons (Fsp3) is 0.333. The molecule has 0 aromatic carbocycles. The first-order chi connectivity index (χ1) is 12.5. The zero-order chi connectivity index (χ0) is 19.5. The summed E-state index contributed by atoms with van der Waals surface area (Å²) >= 11 is 3.05. The zero-order valence-corrected chi connectivity index (χ0v) is 17.2. The number of hydrogen-bond donors (Lipinski definition) is 3. The number of anilines is 1. The minimum absolute atomic E-state index is 0.170. The molecular formula is C18H26N4O2S2. The Morgan fingerprint density at radius 3 is 2.81 bits per heavy atom. The van der Waals surface area contributed by atoms with Gasteiger partial charge in [0.25, 0.3) is 0 Å². The maximum absolute atomic E-state index is 11.5.